The van der Waals surface area contributed by atoms with Crippen molar-refractivity contribution in [2.45, 2.75) is 57.3 Å². The minimum Gasteiger partial charge on any atom is -0.375 e. The van der Waals surface area contributed by atoms with Crippen molar-refractivity contribution in [3.8, 4) is 0 Å². The number of nitrogens with one attached hydrogen (secondary N) is 1. The van der Waals surface area contributed by atoms with Gasteiger partial charge in [-0.05, 0) is 50.8 Å². The summed E-state index contributed by atoms with van der Waals surface area (Å²) in [6.07, 6.45) is 5.90. The van der Waals surface area contributed by atoms with E-state index in [9.17, 15) is 4.39 Å². The summed E-state index contributed by atoms with van der Waals surface area (Å²) in [5, 5.41) is 4.12. The molecule has 4 heteroatoms. The summed E-state index contributed by atoms with van der Waals surface area (Å²) in [5.74, 6) is 0.279. The predicted octanol–water partition coefficient (Wildman–Crippen LogP) is 3.96. The molecule has 0 aliphatic carbocycles. The van der Waals surface area contributed by atoms with Crippen LogP contribution in [0.4, 0.5) is 4.39 Å². The van der Waals surface area contributed by atoms with Crippen molar-refractivity contribution < 1.29 is 9.13 Å². The van der Waals surface area contributed by atoms with Gasteiger partial charge in [-0.25, -0.2) is 4.39 Å². The van der Waals surface area contributed by atoms with Crippen LogP contribution in [-0.2, 0) is 11.2 Å². The van der Waals surface area contributed by atoms with Gasteiger partial charge in [0.05, 0.1) is 12.2 Å². The number of fused-ring (bicyclic) bond motifs is 2. The van der Waals surface area contributed by atoms with E-state index in [0.717, 1.165) is 25.8 Å². The summed E-state index contributed by atoms with van der Waals surface area (Å²) in [4.78, 5) is 0. The first kappa shape index (κ1) is 15.3. The Morgan fingerprint density at radius 3 is 2.90 bits per heavy atom. The molecule has 2 fully saturated rings. The second-order valence-corrected chi connectivity index (χ2v) is 6.65. The van der Waals surface area contributed by atoms with Crippen molar-refractivity contribution >= 4 is 11.6 Å². The molecule has 2 heterocycles. The zero-order valence-corrected chi connectivity index (χ0v) is 13.2. The molecular formula is C17H23ClFNO. The highest BCUT2D eigenvalue weighted by Gasteiger charge is 2.44. The van der Waals surface area contributed by atoms with Crippen molar-refractivity contribution in [3.63, 3.8) is 0 Å². The second kappa shape index (κ2) is 6.64. The van der Waals surface area contributed by atoms with Crippen LogP contribution in [0, 0.1) is 11.7 Å². The zero-order chi connectivity index (χ0) is 14.8. The lowest BCUT2D eigenvalue weighted by molar-refractivity contribution is 0.0856. The van der Waals surface area contributed by atoms with Gasteiger partial charge in [0.1, 0.15) is 5.82 Å². The molecular weight excluding hydrogens is 289 g/mol. The van der Waals surface area contributed by atoms with Gasteiger partial charge in [0.25, 0.3) is 0 Å². The number of rotatable bonds is 6. The Morgan fingerprint density at radius 2 is 2.29 bits per heavy atom. The summed E-state index contributed by atoms with van der Waals surface area (Å²) >= 11 is 6.19. The average molecular weight is 312 g/mol. The first-order valence-corrected chi connectivity index (χ1v) is 8.38. The predicted molar refractivity (Wildman–Crippen MR) is 83.2 cm³/mol. The Bertz CT molecular complexity index is 475. The molecule has 2 aliphatic heterocycles. The maximum absolute atomic E-state index is 14.1. The fraction of sp³-hybridized carbons (Fsp3) is 0.647. The summed E-state index contributed by atoms with van der Waals surface area (Å²) in [5.41, 5.74) is 0.635. The molecule has 116 valence electrons. The molecule has 21 heavy (non-hydrogen) atoms. The molecule has 2 bridgehead atoms. The first-order chi connectivity index (χ1) is 10.2. The number of ether oxygens (including phenoxy) is 1. The monoisotopic (exact) mass is 311 g/mol. The SMILES string of the molecule is CCCNC(Cc1c(F)cccc1Cl)C1CC2CCC1O2. The lowest BCUT2D eigenvalue weighted by Gasteiger charge is -2.30. The van der Waals surface area contributed by atoms with Crippen LogP contribution in [0.5, 0.6) is 0 Å². The van der Waals surface area contributed by atoms with Gasteiger partial charge in [-0.3, -0.25) is 0 Å². The molecule has 2 saturated heterocycles. The molecule has 4 unspecified atom stereocenters. The Labute approximate surface area is 131 Å². The van der Waals surface area contributed by atoms with Gasteiger partial charge in [0, 0.05) is 22.5 Å². The molecule has 0 spiro atoms. The van der Waals surface area contributed by atoms with E-state index < -0.39 is 0 Å². The molecule has 1 N–H and O–H groups in total. The fourth-order valence-corrected chi connectivity index (χ4v) is 3.99. The van der Waals surface area contributed by atoms with Crippen molar-refractivity contribution in [1.82, 2.24) is 5.32 Å². The van der Waals surface area contributed by atoms with Crippen LogP contribution < -0.4 is 5.32 Å². The largest absolute Gasteiger partial charge is 0.375 e. The Hall–Kier alpha value is -0.640. The second-order valence-electron chi connectivity index (χ2n) is 6.24. The van der Waals surface area contributed by atoms with Crippen LogP contribution >= 0.6 is 11.6 Å². The molecule has 0 amide bonds. The van der Waals surface area contributed by atoms with Crippen molar-refractivity contribution in [1.29, 1.82) is 0 Å². The summed E-state index contributed by atoms with van der Waals surface area (Å²) < 4.78 is 20.0. The average Bonchev–Trinajstić information content (AvgIpc) is 3.09. The minimum absolute atomic E-state index is 0.199. The third-order valence-corrected chi connectivity index (χ3v) is 5.17. The maximum atomic E-state index is 14.1. The third kappa shape index (κ3) is 3.25. The molecule has 3 rings (SSSR count). The molecule has 0 aromatic heterocycles. The van der Waals surface area contributed by atoms with Crippen LogP contribution in [0.3, 0.4) is 0 Å². The Morgan fingerprint density at radius 1 is 1.43 bits per heavy atom. The van der Waals surface area contributed by atoms with Crippen LogP contribution in [0.25, 0.3) is 0 Å². The molecule has 0 radical (unpaired) electrons. The van der Waals surface area contributed by atoms with Gasteiger partial charge in [-0.1, -0.05) is 24.6 Å². The van der Waals surface area contributed by atoms with Crippen molar-refractivity contribution in [2.24, 2.45) is 5.92 Å². The number of halogens is 2. The molecule has 4 atom stereocenters. The van der Waals surface area contributed by atoms with Gasteiger partial charge in [0.2, 0.25) is 0 Å². The lowest BCUT2D eigenvalue weighted by atomic mass is 9.81. The smallest absolute Gasteiger partial charge is 0.127 e. The van der Waals surface area contributed by atoms with Crippen LogP contribution in [0.2, 0.25) is 5.02 Å². The molecule has 2 aliphatic rings. The lowest BCUT2D eigenvalue weighted by Crippen LogP contribution is -2.42. The number of benzene rings is 1. The highest BCUT2D eigenvalue weighted by molar-refractivity contribution is 6.31. The molecule has 2 nitrogen and oxygen atoms in total. The van der Waals surface area contributed by atoms with E-state index in [1.54, 1.807) is 12.1 Å². The molecule has 0 saturated carbocycles. The minimum atomic E-state index is -0.199. The van der Waals surface area contributed by atoms with E-state index in [2.05, 4.69) is 12.2 Å². The zero-order valence-electron chi connectivity index (χ0n) is 12.4. The van der Waals surface area contributed by atoms with Gasteiger partial charge >= 0.3 is 0 Å². The van der Waals surface area contributed by atoms with Gasteiger partial charge in [-0.2, -0.15) is 0 Å². The van der Waals surface area contributed by atoms with E-state index in [1.807, 2.05) is 0 Å². The van der Waals surface area contributed by atoms with Crippen LogP contribution in [-0.4, -0.2) is 24.8 Å². The quantitative estimate of drug-likeness (QED) is 0.858. The maximum Gasteiger partial charge on any atom is 0.127 e. The van der Waals surface area contributed by atoms with Crippen molar-refractivity contribution in [2.75, 3.05) is 6.54 Å². The van der Waals surface area contributed by atoms with Crippen molar-refractivity contribution in [3.05, 3.63) is 34.6 Å². The number of hydrogen-bond donors (Lipinski definition) is 1. The molecule has 1 aromatic rings. The summed E-state index contributed by atoms with van der Waals surface area (Å²) in [7, 11) is 0. The van der Waals surface area contributed by atoms with Gasteiger partial charge < -0.3 is 10.1 Å². The van der Waals surface area contributed by atoms with E-state index in [4.69, 9.17) is 16.3 Å². The third-order valence-electron chi connectivity index (χ3n) is 4.81. The van der Waals surface area contributed by atoms with Crippen LogP contribution in [0.15, 0.2) is 18.2 Å². The highest BCUT2D eigenvalue weighted by Crippen LogP contribution is 2.41. The summed E-state index contributed by atoms with van der Waals surface area (Å²) in [6.45, 7) is 3.10. The number of hydrogen-bond acceptors (Lipinski definition) is 2. The Kier molecular flexibility index (Phi) is 4.82. The van der Waals surface area contributed by atoms with Gasteiger partial charge in [0.15, 0.2) is 0 Å². The van der Waals surface area contributed by atoms with E-state index in [-0.39, 0.29) is 11.9 Å². The van der Waals surface area contributed by atoms with E-state index in [0.29, 0.717) is 35.1 Å². The molecule has 1 aromatic carbocycles. The van der Waals surface area contributed by atoms with Crippen LogP contribution in [0.1, 0.15) is 38.2 Å². The van der Waals surface area contributed by atoms with Gasteiger partial charge in [-0.15, -0.1) is 0 Å². The van der Waals surface area contributed by atoms with E-state index >= 15 is 0 Å². The van der Waals surface area contributed by atoms with E-state index in [1.165, 1.54) is 12.5 Å². The Balaban J connectivity index is 1.76. The first-order valence-electron chi connectivity index (χ1n) is 8.00. The normalized spacial score (nSPS) is 29.0. The highest BCUT2D eigenvalue weighted by atomic mass is 35.5. The standard InChI is InChI=1S/C17H23ClFNO/c1-2-8-20-16(13-9-11-6-7-17(13)21-11)10-12-14(18)4-3-5-15(12)19/h3-5,11,13,16-17,20H,2,6-10H2,1H3. The fourth-order valence-electron chi connectivity index (χ4n) is 3.75. The summed E-state index contributed by atoms with van der Waals surface area (Å²) in [6, 6.07) is 5.18. The topological polar surface area (TPSA) is 21.3 Å².